The zero-order valence-corrected chi connectivity index (χ0v) is 17.5. The van der Waals surface area contributed by atoms with Gasteiger partial charge in [0.05, 0.1) is 24.0 Å². The number of benzene rings is 1. The van der Waals surface area contributed by atoms with Crippen LogP contribution in [0, 0.1) is 6.92 Å². The number of likely N-dealkylation sites (tertiary alicyclic amines) is 1. The van der Waals surface area contributed by atoms with Gasteiger partial charge in [-0.2, -0.15) is 0 Å². The number of anilines is 1. The molecule has 0 N–H and O–H groups in total. The summed E-state index contributed by atoms with van der Waals surface area (Å²) >= 11 is 1.46. The number of para-hydroxylation sites is 2. The Kier molecular flexibility index (Phi) is 5.82. The number of piperazine rings is 1. The smallest absolute Gasteiger partial charge is 0.265 e. The summed E-state index contributed by atoms with van der Waals surface area (Å²) < 4.78 is 5.52. The number of ether oxygens (including phenoxy) is 1. The van der Waals surface area contributed by atoms with Gasteiger partial charge in [-0.25, -0.2) is 4.98 Å². The molecule has 7 heteroatoms. The van der Waals surface area contributed by atoms with Crippen LogP contribution in [0.25, 0.3) is 0 Å². The van der Waals surface area contributed by atoms with Crippen LogP contribution in [0.3, 0.4) is 0 Å². The van der Waals surface area contributed by atoms with Crippen LogP contribution in [0.15, 0.2) is 29.8 Å². The van der Waals surface area contributed by atoms with E-state index in [0.29, 0.717) is 6.04 Å². The second kappa shape index (κ2) is 8.49. The van der Waals surface area contributed by atoms with Crippen LogP contribution in [-0.2, 0) is 0 Å². The van der Waals surface area contributed by atoms with Crippen molar-refractivity contribution in [3.63, 3.8) is 0 Å². The normalized spacial score (nSPS) is 21.0. The Bertz CT molecular complexity index is 816. The van der Waals surface area contributed by atoms with Crippen molar-refractivity contribution in [3.05, 3.63) is 40.3 Å². The molecule has 2 aliphatic rings. The number of carbonyl (C=O) groups excluding carboxylic acids is 1. The lowest BCUT2D eigenvalue weighted by molar-refractivity contribution is 0.0567. The fourth-order valence-corrected chi connectivity index (χ4v) is 5.08. The minimum absolute atomic E-state index is 0.150. The van der Waals surface area contributed by atoms with Gasteiger partial charge in [0.2, 0.25) is 0 Å². The molecule has 2 fully saturated rings. The molecule has 28 heavy (non-hydrogen) atoms. The number of amides is 1. The number of piperidine rings is 1. The molecular weight excluding hydrogens is 372 g/mol. The Hall–Kier alpha value is -2.12. The number of hydrogen-bond donors (Lipinski definition) is 0. The van der Waals surface area contributed by atoms with Gasteiger partial charge in [0.25, 0.3) is 5.91 Å². The first-order valence-electron chi connectivity index (χ1n) is 9.98. The lowest BCUT2D eigenvalue weighted by atomic mass is 10.0. The van der Waals surface area contributed by atoms with E-state index in [0.717, 1.165) is 62.0 Å². The molecule has 150 valence electrons. The fourth-order valence-electron chi connectivity index (χ4n) is 4.31. The Labute approximate surface area is 170 Å². The number of aromatic nitrogens is 1. The van der Waals surface area contributed by atoms with Crippen molar-refractivity contribution in [2.45, 2.75) is 25.8 Å². The van der Waals surface area contributed by atoms with E-state index in [4.69, 9.17) is 4.74 Å². The average molecular weight is 401 g/mol. The summed E-state index contributed by atoms with van der Waals surface area (Å²) in [6.45, 7) is 7.60. The molecule has 0 bridgehead atoms. The summed E-state index contributed by atoms with van der Waals surface area (Å²) in [5.41, 5.74) is 3.79. The monoisotopic (exact) mass is 400 g/mol. The summed E-state index contributed by atoms with van der Waals surface area (Å²) in [4.78, 5) is 24.9. The molecule has 6 nitrogen and oxygen atoms in total. The van der Waals surface area contributed by atoms with Crippen molar-refractivity contribution in [2.75, 3.05) is 51.3 Å². The highest BCUT2D eigenvalue weighted by atomic mass is 32.1. The molecule has 0 saturated carbocycles. The minimum Gasteiger partial charge on any atom is -0.495 e. The van der Waals surface area contributed by atoms with Crippen LogP contribution in [0.2, 0.25) is 0 Å². The molecule has 1 aromatic heterocycles. The van der Waals surface area contributed by atoms with E-state index in [1.807, 2.05) is 24.0 Å². The zero-order chi connectivity index (χ0) is 19.5. The van der Waals surface area contributed by atoms with Crippen LogP contribution in [0.4, 0.5) is 5.69 Å². The first-order valence-corrected chi connectivity index (χ1v) is 10.9. The Morgan fingerprint density at radius 2 is 1.96 bits per heavy atom. The third-order valence-corrected chi connectivity index (χ3v) is 6.80. The number of carbonyl (C=O) groups is 1. The van der Waals surface area contributed by atoms with Gasteiger partial charge in [0, 0.05) is 45.3 Å². The quantitative estimate of drug-likeness (QED) is 0.790. The van der Waals surface area contributed by atoms with Gasteiger partial charge < -0.3 is 14.5 Å². The van der Waals surface area contributed by atoms with E-state index in [1.54, 1.807) is 12.6 Å². The summed E-state index contributed by atoms with van der Waals surface area (Å²) in [5.74, 6) is 1.09. The van der Waals surface area contributed by atoms with Gasteiger partial charge >= 0.3 is 0 Å². The first-order chi connectivity index (χ1) is 13.7. The van der Waals surface area contributed by atoms with Gasteiger partial charge in [-0.05, 0) is 31.9 Å². The largest absolute Gasteiger partial charge is 0.495 e. The maximum absolute atomic E-state index is 12.9. The number of aryl methyl sites for hydroxylation is 1. The lowest BCUT2D eigenvalue weighted by Gasteiger charge is -2.44. The Morgan fingerprint density at radius 3 is 2.68 bits per heavy atom. The maximum Gasteiger partial charge on any atom is 0.265 e. The molecule has 0 aliphatic carbocycles. The molecular formula is C21H28N4O2S. The molecule has 0 radical (unpaired) electrons. The van der Waals surface area contributed by atoms with Crippen LogP contribution >= 0.6 is 11.3 Å². The summed E-state index contributed by atoms with van der Waals surface area (Å²) in [5, 5.41) is 0. The number of rotatable bonds is 4. The van der Waals surface area contributed by atoms with Gasteiger partial charge in [-0.15, -0.1) is 11.3 Å². The molecule has 0 spiro atoms. The second-order valence-corrected chi connectivity index (χ2v) is 8.36. The molecule has 2 aromatic rings. The fraction of sp³-hybridized carbons (Fsp3) is 0.524. The van der Waals surface area contributed by atoms with Crippen molar-refractivity contribution in [1.82, 2.24) is 14.8 Å². The number of thiazole rings is 1. The first kappa shape index (κ1) is 19.2. The van der Waals surface area contributed by atoms with Crippen LogP contribution in [-0.4, -0.2) is 73.1 Å². The third kappa shape index (κ3) is 3.86. The predicted molar refractivity (Wildman–Crippen MR) is 113 cm³/mol. The maximum atomic E-state index is 12.9. The number of nitrogens with zero attached hydrogens (tertiary/aromatic N) is 4. The van der Waals surface area contributed by atoms with E-state index in [9.17, 15) is 4.79 Å². The number of methoxy groups -OCH3 is 1. The lowest BCUT2D eigenvalue weighted by Crippen LogP contribution is -2.55. The standard InChI is InChI=1S/C21H28N4O2S/c1-16-20(28-15-22-16)21(26)25-9-5-6-17(14-25)23-10-12-24(13-11-23)18-7-3-4-8-19(18)27-2/h3-4,7-8,15,17H,5-6,9-14H2,1-2H3/t17-/m1/s1. The average Bonchev–Trinajstić information content (AvgIpc) is 3.19. The predicted octanol–water partition coefficient (Wildman–Crippen LogP) is 2.89. The van der Waals surface area contributed by atoms with Crippen molar-refractivity contribution in [3.8, 4) is 5.75 Å². The molecule has 1 atom stereocenters. The Morgan fingerprint density at radius 1 is 1.18 bits per heavy atom. The van der Waals surface area contributed by atoms with Crippen LogP contribution in [0.1, 0.15) is 28.2 Å². The van der Waals surface area contributed by atoms with Crippen molar-refractivity contribution in [1.29, 1.82) is 0 Å². The summed E-state index contributed by atoms with van der Waals surface area (Å²) in [7, 11) is 1.73. The topological polar surface area (TPSA) is 48.9 Å². The highest BCUT2D eigenvalue weighted by Crippen LogP contribution is 2.29. The molecule has 2 saturated heterocycles. The minimum atomic E-state index is 0.150. The third-order valence-electron chi connectivity index (χ3n) is 5.88. The molecule has 4 rings (SSSR count). The SMILES string of the molecule is COc1ccccc1N1CCN([C@@H]2CCCN(C(=O)c3scnc3C)C2)CC1. The van der Waals surface area contributed by atoms with Crippen molar-refractivity contribution >= 4 is 22.9 Å². The Balaban J connectivity index is 1.37. The molecule has 1 aromatic carbocycles. The van der Waals surface area contributed by atoms with E-state index >= 15 is 0 Å². The van der Waals surface area contributed by atoms with Gasteiger partial charge in [0.1, 0.15) is 10.6 Å². The zero-order valence-electron chi connectivity index (χ0n) is 16.6. The van der Waals surface area contributed by atoms with Crippen LogP contribution < -0.4 is 9.64 Å². The van der Waals surface area contributed by atoms with Gasteiger partial charge in [-0.3, -0.25) is 9.69 Å². The second-order valence-electron chi connectivity index (χ2n) is 7.51. The molecule has 2 aliphatic heterocycles. The highest BCUT2D eigenvalue weighted by Gasteiger charge is 2.31. The van der Waals surface area contributed by atoms with E-state index in [2.05, 4.69) is 26.9 Å². The van der Waals surface area contributed by atoms with Gasteiger partial charge in [-0.1, -0.05) is 12.1 Å². The molecule has 1 amide bonds. The van der Waals surface area contributed by atoms with Gasteiger partial charge in [0.15, 0.2) is 0 Å². The molecule has 0 unspecified atom stereocenters. The van der Waals surface area contributed by atoms with Crippen LogP contribution in [0.5, 0.6) is 5.75 Å². The summed E-state index contributed by atoms with van der Waals surface area (Å²) in [6, 6.07) is 8.68. The van der Waals surface area contributed by atoms with E-state index in [-0.39, 0.29) is 5.91 Å². The van der Waals surface area contributed by atoms with E-state index < -0.39 is 0 Å². The van der Waals surface area contributed by atoms with E-state index in [1.165, 1.54) is 23.4 Å². The van der Waals surface area contributed by atoms with Crippen molar-refractivity contribution < 1.29 is 9.53 Å². The van der Waals surface area contributed by atoms with Crippen molar-refractivity contribution in [2.24, 2.45) is 0 Å². The molecule has 3 heterocycles. The highest BCUT2D eigenvalue weighted by molar-refractivity contribution is 7.11. The summed E-state index contributed by atoms with van der Waals surface area (Å²) in [6.07, 6.45) is 2.24. The number of hydrogen-bond acceptors (Lipinski definition) is 6.